The van der Waals surface area contributed by atoms with Crippen molar-refractivity contribution in [2.24, 2.45) is 22.2 Å². The Bertz CT molecular complexity index is 1610. The van der Waals surface area contributed by atoms with Crippen LogP contribution in [0.4, 0.5) is 0 Å². The first-order valence-electron chi connectivity index (χ1n) is 20.3. The van der Waals surface area contributed by atoms with Crippen molar-refractivity contribution < 1.29 is 33.4 Å². The summed E-state index contributed by atoms with van der Waals surface area (Å²) in [5.41, 5.74) is 0.491. The third-order valence-electron chi connectivity index (χ3n) is 11.6. The molecule has 1 saturated heterocycles. The summed E-state index contributed by atoms with van der Waals surface area (Å²) in [6.07, 6.45) is 7.91. The van der Waals surface area contributed by atoms with Crippen molar-refractivity contribution in [1.82, 2.24) is 20.0 Å². The van der Waals surface area contributed by atoms with Crippen LogP contribution >= 0.6 is 11.8 Å². The van der Waals surface area contributed by atoms with Crippen LogP contribution in [-0.4, -0.2) is 119 Å². The third kappa shape index (κ3) is 11.6. The number of ether oxygens (including phenoxy) is 2. The zero-order valence-corrected chi connectivity index (χ0v) is 36.0. The van der Waals surface area contributed by atoms with Crippen LogP contribution in [0.1, 0.15) is 99.0 Å². The number of esters is 1. The number of methoxy groups -OCH3 is 1. The average Bonchev–Trinajstić information content (AvgIpc) is 3.85. The molecule has 1 aromatic carbocycles. The molecule has 0 aliphatic carbocycles. The second kappa shape index (κ2) is 20.0. The first-order chi connectivity index (χ1) is 26.4. The number of amides is 4. The summed E-state index contributed by atoms with van der Waals surface area (Å²) in [5.74, 6) is -0.393. The molecule has 1 fully saturated rings. The van der Waals surface area contributed by atoms with Gasteiger partial charge in [-0.05, 0) is 80.1 Å². The van der Waals surface area contributed by atoms with Gasteiger partial charge in [0.05, 0.1) is 18.2 Å². The van der Waals surface area contributed by atoms with E-state index in [2.05, 4.69) is 39.1 Å². The van der Waals surface area contributed by atoms with Gasteiger partial charge in [-0.2, -0.15) is 0 Å². The lowest BCUT2D eigenvalue weighted by molar-refractivity contribution is -0.166. The second-order valence-electron chi connectivity index (χ2n) is 17.0. The minimum Gasteiger partial charge on any atom is -0.497 e. The first-order valence-corrected chi connectivity index (χ1v) is 21.3. The highest BCUT2D eigenvalue weighted by Crippen LogP contribution is 2.32. The van der Waals surface area contributed by atoms with E-state index in [1.165, 1.54) is 9.80 Å². The van der Waals surface area contributed by atoms with E-state index in [1.807, 2.05) is 32.1 Å². The number of nitrogens with zero attached hydrogens (tertiary/aromatic N) is 4. The van der Waals surface area contributed by atoms with E-state index in [0.29, 0.717) is 44.4 Å². The monoisotopic (exact) mass is 795 g/mol. The molecule has 0 spiro atoms. The molecule has 0 saturated carbocycles. The number of thioether (sulfide) groups is 1. The minimum atomic E-state index is -0.957. The highest BCUT2D eigenvalue weighted by molar-refractivity contribution is 8.14. The van der Waals surface area contributed by atoms with E-state index < -0.39 is 42.0 Å². The fourth-order valence-corrected chi connectivity index (χ4v) is 8.61. The molecule has 12 nitrogen and oxygen atoms in total. The zero-order valence-electron chi connectivity index (χ0n) is 35.2. The summed E-state index contributed by atoms with van der Waals surface area (Å²) in [6, 6.07) is 3.76. The van der Waals surface area contributed by atoms with Crippen LogP contribution < -0.4 is 10.1 Å². The highest BCUT2D eigenvalue weighted by Gasteiger charge is 2.44. The zero-order chi connectivity index (χ0) is 41.3. The number of likely N-dealkylation sites (N-methyl/N-ethyl adjacent to an activating group) is 2. The van der Waals surface area contributed by atoms with E-state index in [0.717, 1.165) is 22.8 Å². The van der Waals surface area contributed by atoms with E-state index in [9.17, 15) is 24.0 Å². The molecule has 3 aliphatic rings. The van der Waals surface area contributed by atoms with Crippen molar-refractivity contribution in [3.8, 4) is 5.75 Å². The van der Waals surface area contributed by atoms with Crippen LogP contribution in [0.2, 0.25) is 0 Å². The Hall–Kier alpha value is -3.87. The summed E-state index contributed by atoms with van der Waals surface area (Å²) >= 11 is 1.66. The summed E-state index contributed by atoms with van der Waals surface area (Å²) < 4.78 is 11.6. The maximum atomic E-state index is 14.5. The van der Waals surface area contributed by atoms with Gasteiger partial charge in [-0.1, -0.05) is 66.2 Å². The number of hydrogen-bond acceptors (Lipinski definition) is 9. The molecule has 310 valence electrons. The lowest BCUT2D eigenvalue weighted by Crippen LogP contribution is -2.59. The van der Waals surface area contributed by atoms with E-state index in [-0.39, 0.29) is 54.1 Å². The summed E-state index contributed by atoms with van der Waals surface area (Å²) in [5, 5.41) is 3.89. The van der Waals surface area contributed by atoms with Crippen LogP contribution in [0.25, 0.3) is 0 Å². The molecule has 0 aromatic heterocycles. The van der Waals surface area contributed by atoms with Gasteiger partial charge in [0.1, 0.15) is 36.0 Å². The van der Waals surface area contributed by atoms with Crippen molar-refractivity contribution >= 4 is 46.4 Å². The van der Waals surface area contributed by atoms with Gasteiger partial charge in [-0.25, -0.2) is 4.79 Å². The molecule has 3 heterocycles. The van der Waals surface area contributed by atoms with Crippen LogP contribution in [0.3, 0.4) is 0 Å². The lowest BCUT2D eigenvalue weighted by atomic mass is 9.83. The Morgan fingerprint density at radius 1 is 1.00 bits per heavy atom. The molecule has 0 radical (unpaired) electrons. The van der Waals surface area contributed by atoms with Gasteiger partial charge in [0.2, 0.25) is 23.6 Å². The van der Waals surface area contributed by atoms with Crippen molar-refractivity contribution in [2.75, 3.05) is 33.5 Å². The van der Waals surface area contributed by atoms with Gasteiger partial charge < -0.3 is 29.5 Å². The average molecular weight is 796 g/mol. The molecule has 2 bridgehead atoms. The van der Waals surface area contributed by atoms with Crippen molar-refractivity contribution in [2.45, 2.75) is 136 Å². The third-order valence-corrected chi connectivity index (χ3v) is 12.7. The molecule has 2 unspecified atom stereocenters. The largest absolute Gasteiger partial charge is 0.497 e. The number of allylic oxidation sites excluding steroid dienone is 1. The fraction of sp³-hybridized carbons (Fsp3) is 0.674. The van der Waals surface area contributed by atoms with Gasteiger partial charge in [0.25, 0.3) is 0 Å². The summed E-state index contributed by atoms with van der Waals surface area (Å²) in [6.45, 7) is 14.3. The summed E-state index contributed by atoms with van der Waals surface area (Å²) in [4.78, 5) is 79.7. The fourth-order valence-electron chi connectivity index (χ4n) is 7.59. The number of hydrogen-bond donors (Lipinski definition) is 1. The quantitative estimate of drug-likeness (QED) is 0.377. The molecule has 1 aromatic rings. The van der Waals surface area contributed by atoms with E-state index in [1.54, 1.807) is 56.9 Å². The number of benzene rings is 1. The molecular weight excluding hydrogens is 731 g/mol. The highest BCUT2D eigenvalue weighted by atomic mass is 32.2. The number of carbonyl (C=O) groups is 5. The van der Waals surface area contributed by atoms with Crippen molar-refractivity contribution in [3.63, 3.8) is 0 Å². The molecule has 3 aliphatic heterocycles. The Kier molecular flexibility index (Phi) is 16.0. The standard InChI is InChI=1S/C43H65N5O7S/c1-11-28(3)38-41(52)48-23-13-15-34(48)42(53)55-35(43(5,6)7)24-27(2)14-12-16-37-44-31(26-56-37)19-22-36(49)45-33(25-30-17-20-32(54-10)21-18-30)40(51)46(8)29(4)39(50)47(38)9/h12,16-18,20-21,27-29,31,33-35,38H,11,13-15,19,22-26H2,1-10H3,(H,45,49)/b16-12+/t27-,28-,29-,31-,33?,34-,35?,38-/m0/s1. The van der Waals surface area contributed by atoms with Crippen molar-refractivity contribution in [1.29, 1.82) is 0 Å². The Labute approximate surface area is 338 Å². The van der Waals surface area contributed by atoms with Crippen LogP contribution in [0, 0.1) is 17.3 Å². The maximum Gasteiger partial charge on any atom is 0.329 e. The Morgan fingerprint density at radius 2 is 1.70 bits per heavy atom. The Balaban J connectivity index is 1.67. The SMILES string of the molecule is CC[C@H](C)[C@H]1C(=O)N2CCC[C@H]2C(=O)OC(C(C)(C)C)C[C@@H](C)C/C=C/C2=N[C@@H](CCC(=O)NC(Cc3ccc(OC)cc3)C(=O)N(C)[C@@H](C)C(=O)N1C)CS2. The Morgan fingerprint density at radius 3 is 2.34 bits per heavy atom. The van der Waals surface area contributed by atoms with Gasteiger partial charge >= 0.3 is 5.97 Å². The molecule has 4 rings (SSSR count). The number of rotatable bonds is 5. The van der Waals surface area contributed by atoms with Crippen molar-refractivity contribution in [3.05, 3.63) is 42.0 Å². The molecule has 4 amide bonds. The number of nitrogens with one attached hydrogen (secondary N) is 1. The number of fused-ring (bicyclic) bond motifs is 2. The van der Waals surface area contributed by atoms with Crippen LogP contribution in [-0.2, 0) is 35.1 Å². The lowest BCUT2D eigenvalue weighted by Gasteiger charge is -2.39. The number of cyclic esters (lactones) is 1. The van der Waals surface area contributed by atoms with Gasteiger partial charge in [0, 0.05) is 39.2 Å². The van der Waals surface area contributed by atoms with Gasteiger partial charge in [0.15, 0.2) is 0 Å². The van der Waals surface area contributed by atoms with E-state index >= 15 is 0 Å². The maximum absolute atomic E-state index is 14.5. The molecule has 8 atom stereocenters. The minimum absolute atomic E-state index is 0.0232. The predicted octanol–water partition coefficient (Wildman–Crippen LogP) is 5.67. The molecular formula is C43H65N5O7S. The van der Waals surface area contributed by atoms with Crippen LogP contribution in [0.5, 0.6) is 5.75 Å². The van der Waals surface area contributed by atoms with E-state index in [4.69, 9.17) is 14.5 Å². The molecule has 1 N–H and O–H groups in total. The molecule has 56 heavy (non-hydrogen) atoms. The van der Waals surface area contributed by atoms with Gasteiger partial charge in [-0.15, -0.1) is 11.8 Å². The topological polar surface area (TPSA) is 138 Å². The smallest absolute Gasteiger partial charge is 0.329 e. The number of carbonyl (C=O) groups excluding carboxylic acids is 5. The van der Waals surface area contributed by atoms with Gasteiger partial charge in [-0.3, -0.25) is 24.2 Å². The predicted molar refractivity (Wildman–Crippen MR) is 221 cm³/mol. The second-order valence-corrected chi connectivity index (χ2v) is 18.0. The van der Waals surface area contributed by atoms with Crippen LogP contribution in [0.15, 0.2) is 41.4 Å². The summed E-state index contributed by atoms with van der Waals surface area (Å²) in [7, 11) is 4.73. The first kappa shape index (κ1) is 44.8. The molecule has 13 heteroatoms. The normalized spacial score (nSPS) is 29.5. The number of aliphatic imine (C=N–C) groups is 1.